The molecule has 1 atom stereocenters. The monoisotopic (exact) mass is 338 g/mol. The van der Waals surface area contributed by atoms with Crippen molar-refractivity contribution in [3.05, 3.63) is 35.9 Å². The Morgan fingerprint density at radius 3 is 2.42 bits per heavy atom. The van der Waals surface area contributed by atoms with Gasteiger partial charge in [-0.25, -0.2) is 4.79 Å². The summed E-state index contributed by atoms with van der Waals surface area (Å²) in [5.41, 5.74) is 2.74. The van der Waals surface area contributed by atoms with Gasteiger partial charge in [-0.05, 0) is 26.3 Å². The van der Waals surface area contributed by atoms with Crippen LogP contribution in [0.3, 0.4) is 0 Å². The summed E-state index contributed by atoms with van der Waals surface area (Å²) in [5.74, 6) is -0.510. The highest BCUT2D eigenvalue weighted by Gasteiger charge is 2.27. The number of aliphatic hydroxyl groups is 1. The smallest absolute Gasteiger partial charge is 0.428 e. The molecule has 0 aliphatic carbocycles. The van der Waals surface area contributed by atoms with Crippen LogP contribution in [0.15, 0.2) is 30.3 Å². The Kier molecular flexibility index (Phi) is 7.67. The van der Waals surface area contributed by atoms with Crippen molar-refractivity contribution in [3.63, 3.8) is 0 Å². The molecule has 7 nitrogen and oxygen atoms in total. The molecule has 1 aromatic rings. The Morgan fingerprint density at radius 1 is 1.25 bits per heavy atom. The molecule has 2 N–H and O–H groups in total. The van der Waals surface area contributed by atoms with Crippen LogP contribution in [0.2, 0.25) is 0 Å². The Balaban J connectivity index is 2.73. The van der Waals surface area contributed by atoms with Gasteiger partial charge in [0.25, 0.3) is 0 Å². The van der Waals surface area contributed by atoms with Crippen LogP contribution < -0.4 is 5.48 Å². The van der Waals surface area contributed by atoms with Crippen LogP contribution in [0.25, 0.3) is 0 Å². The highest BCUT2D eigenvalue weighted by Crippen LogP contribution is 2.11. The van der Waals surface area contributed by atoms with E-state index in [4.69, 9.17) is 14.7 Å². The number of ether oxygens (including phenoxy) is 1. The van der Waals surface area contributed by atoms with Gasteiger partial charge in [0.2, 0.25) is 0 Å². The van der Waals surface area contributed by atoms with Crippen molar-refractivity contribution in [3.8, 4) is 0 Å². The maximum atomic E-state index is 12.3. The summed E-state index contributed by atoms with van der Waals surface area (Å²) in [7, 11) is 1.49. The van der Waals surface area contributed by atoms with Crippen molar-refractivity contribution < 1.29 is 24.3 Å². The number of benzene rings is 1. The molecule has 0 aliphatic rings. The number of hydroxylamine groups is 1. The van der Waals surface area contributed by atoms with Gasteiger partial charge in [-0.1, -0.05) is 30.3 Å². The molecule has 134 valence electrons. The number of aliphatic hydroxyl groups excluding tert-OH is 1. The van der Waals surface area contributed by atoms with E-state index in [-0.39, 0.29) is 13.2 Å². The average molecular weight is 338 g/mol. The molecule has 0 heterocycles. The van der Waals surface area contributed by atoms with E-state index in [2.05, 4.69) is 5.48 Å². The van der Waals surface area contributed by atoms with Crippen molar-refractivity contribution in [2.24, 2.45) is 0 Å². The molecule has 0 aliphatic heterocycles. The molecule has 0 saturated heterocycles. The number of hydrogen-bond acceptors (Lipinski definition) is 6. The van der Waals surface area contributed by atoms with E-state index < -0.39 is 23.7 Å². The van der Waals surface area contributed by atoms with E-state index in [1.54, 1.807) is 20.8 Å². The number of carbonyl (C=O) groups excluding carboxylic acids is 2. The second-order valence-corrected chi connectivity index (χ2v) is 6.41. The molecule has 7 heteroatoms. The van der Waals surface area contributed by atoms with E-state index in [1.165, 1.54) is 11.9 Å². The maximum absolute atomic E-state index is 12.3. The van der Waals surface area contributed by atoms with Gasteiger partial charge >= 0.3 is 12.1 Å². The molecule has 1 aromatic carbocycles. The molecule has 1 rings (SSSR count). The fourth-order valence-electron chi connectivity index (χ4n) is 1.84. The predicted octanol–water partition coefficient (Wildman–Crippen LogP) is 1.50. The van der Waals surface area contributed by atoms with E-state index >= 15 is 0 Å². The Bertz CT molecular complexity index is 528. The Hall–Kier alpha value is -2.12. The van der Waals surface area contributed by atoms with Gasteiger partial charge in [-0.2, -0.15) is 0 Å². The summed E-state index contributed by atoms with van der Waals surface area (Å²) in [5, 5.41) is 8.83. The lowest BCUT2D eigenvalue weighted by Crippen LogP contribution is -2.45. The number of hydrogen-bond donors (Lipinski definition) is 2. The van der Waals surface area contributed by atoms with Crippen LogP contribution in [0.5, 0.6) is 0 Å². The van der Waals surface area contributed by atoms with Gasteiger partial charge in [0.05, 0.1) is 6.61 Å². The molecule has 24 heavy (non-hydrogen) atoms. The number of carbonyl (C=O) groups is 2. The van der Waals surface area contributed by atoms with Crippen LogP contribution >= 0.6 is 0 Å². The van der Waals surface area contributed by atoms with Gasteiger partial charge in [0.1, 0.15) is 11.6 Å². The first kappa shape index (κ1) is 19.9. The number of rotatable bonds is 7. The van der Waals surface area contributed by atoms with Crippen molar-refractivity contribution in [2.45, 2.75) is 38.8 Å². The molecule has 0 radical (unpaired) electrons. The van der Waals surface area contributed by atoms with E-state index in [1.807, 2.05) is 30.3 Å². The summed E-state index contributed by atoms with van der Waals surface area (Å²) >= 11 is 0. The van der Waals surface area contributed by atoms with Crippen LogP contribution in [0.4, 0.5) is 4.79 Å². The third kappa shape index (κ3) is 7.43. The van der Waals surface area contributed by atoms with Crippen LogP contribution in [0, 0.1) is 0 Å². The van der Waals surface area contributed by atoms with E-state index in [0.29, 0.717) is 6.42 Å². The topological polar surface area (TPSA) is 88.1 Å². The lowest BCUT2D eigenvalue weighted by atomic mass is 10.1. The molecule has 0 saturated carbocycles. The minimum atomic E-state index is -0.835. The highest BCUT2D eigenvalue weighted by atomic mass is 16.7. The first-order valence-electron chi connectivity index (χ1n) is 7.78. The van der Waals surface area contributed by atoms with Crippen molar-refractivity contribution in [1.29, 1.82) is 0 Å². The normalized spacial score (nSPS) is 12.4. The summed E-state index contributed by atoms with van der Waals surface area (Å²) < 4.78 is 5.37. The van der Waals surface area contributed by atoms with Gasteiger partial charge in [-0.15, -0.1) is 5.48 Å². The number of amides is 1. The molecule has 0 fully saturated rings. The molecule has 0 bridgehead atoms. The van der Waals surface area contributed by atoms with Crippen LogP contribution in [-0.2, 0) is 20.8 Å². The zero-order valence-corrected chi connectivity index (χ0v) is 14.6. The SMILES string of the molecule is CN(CCO)C(=O)ON[C@@H](Cc1ccccc1)C(=O)OC(C)(C)C. The standard InChI is InChI=1S/C17H26N2O5/c1-17(2,3)23-15(21)14(12-13-8-6-5-7-9-13)18-24-16(22)19(4)10-11-20/h5-9,14,18,20H,10-12H2,1-4H3/t14-/m0/s1. The highest BCUT2D eigenvalue weighted by molar-refractivity contribution is 5.77. The second kappa shape index (κ2) is 9.24. The van der Waals surface area contributed by atoms with Crippen molar-refractivity contribution >= 4 is 12.1 Å². The van der Waals surface area contributed by atoms with Crippen LogP contribution in [0.1, 0.15) is 26.3 Å². The first-order chi connectivity index (χ1) is 11.2. The summed E-state index contributed by atoms with van der Waals surface area (Å²) in [6.07, 6.45) is -0.377. The minimum Gasteiger partial charge on any atom is -0.459 e. The predicted molar refractivity (Wildman–Crippen MR) is 89.1 cm³/mol. The quantitative estimate of drug-likeness (QED) is 0.579. The molecule has 0 spiro atoms. The summed E-state index contributed by atoms with van der Waals surface area (Å²) in [4.78, 5) is 30.3. The minimum absolute atomic E-state index is 0.135. The zero-order chi connectivity index (χ0) is 18.2. The lowest BCUT2D eigenvalue weighted by Gasteiger charge is -2.25. The van der Waals surface area contributed by atoms with Gasteiger partial charge in [-0.3, -0.25) is 4.79 Å². The third-order valence-corrected chi connectivity index (χ3v) is 3.01. The summed E-state index contributed by atoms with van der Waals surface area (Å²) in [6.45, 7) is 5.27. The molecular formula is C17H26N2O5. The fourth-order valence-corrected chi connectivity index (χ4v) is 1.84. The van der Waals surface area contributed by atoms with Gasteiger partial charge < -0.3 is 19.6 Å². The van der Waals surface area contributed by atoms with Crippen LogP contribution in [-0.4, -0.2) is 53.9 Å². The Labute approximate surface area is 142 Å². The molecule has 0 aromatic heterocycles. The molecule has 0 unspecified atom stereocenters. The zero-order valence-electron chi connectivity index (χ0n) is 14.6. The van der Waals surface area contributed by atoms with Crippen molar-refractivity contribution in [1.82, 2.24) is 10.4 Å². The van der Waals surface area contributed by atoms with E-state index in [0.717, 1.165) is 5.56 Å². The number of nitrogens with one attached hydrogen (secondary N) is 1. The van der Waals surface area contributed by atoms with Gasteiger partial charge in [0.15, 0.2) is 0 Å². The average Bonchev–Trinajstić information content (AvgIpc) is 2.50. The number of nitrogens with zero attached hydrogens (tertiary/aromatic N) is 1. The Morgan fingerprint density at radius 2 is 1.88 bits per heavy atom. The van der Waals surface area contributed by atoms with Crippen molar-refractivity contribution in [2.75, 3.05) is 20.2 Å². The maximum Gasteiger partial charge on any atom is 0.428 e. The van der Waals surface area contributed by atoms with Gasteiger partial charge in [0, 0.05) is 20.0 Å². The summed E-state index contributed by atoms with van der Waals surface area (Å²) in [6, 6.07) is 8.52. The van der Waals surface area contributed by atoms with E-state index in [9.17, 15) is 9.59 Å². The molecular weight excluding hydrogens is 312 g/mol. The third-order valence-electron chi connectivity index (χ3n) is 3.01. The first-order valence-corrected chi connectivity index (χ1v) is 7.78. The number of likely N-dealkylation sites (N-methyl/N-ethyl adjacent to an activating group) is 1. The molecule has 1 amide bonds. The lowest BCUT2D eigenvalue weighted by molar-refractivity contribution is -0.160. The largest absolute Gasteiger partial charge is 0.459 e. The number of esters is 1. The second-order valence-electron chi connectivity index (χ2n) is 6.41. The fraction of sp³-hybridized carbons (Fsp3) is 0.529.